The number of nitrogens with zero attached hydrogens (tertiary/aromatic N) is 3. The van der Waals surface area contributed by atoms with E-state index in [0.29, 0.717) is 11.4 Å². The van der Waals surface area contributed by atoms with E-state index in [1.807, 2.05) is 24.3 Å². The van der Waals surface area contributed by atoms with Crippen molar-refractivity contribution in [3.8, 4) is 5.82 Å². The molecule has 0 saturated carbocycles. The molecule has 0 spiro atoms. The van der Waals surface area contributed by atoms with E-state index in [1.54, 1.807) is 12.3 Å². The fourth-order valence-corrected chi connectivity index (χ4v) is 2.23. The first kappa shape index (κ1) is 13.2. The molecule has 0 unspecified atom stereocenters. The van der Waals surface area contributed by atoms with Crippen LogP contribution < -0.4 is 11.5 Å². The number of fused-ring (bicyclic) bond motifs is 1. The quantitative estimate of drug-likeness (QED) is 0.706. The third kappa shape index (κ3) is 2.34. The number of carbonyl (C=O) groups is 1. The van der Waals surface area contributed by atoms with Crippen LogP contribution in [0, 0.1) is 0 Å². The molecule has 0 bridgehead atoms. The van der Waals surface area contributed by atoms with Gasteiger partial charge in [-0.05, 0) is 18.2 Å². The van der Waals surface area contributed by atoms with E-state index in [1.165, 1.54) is 10.7 Å². The molecule has 3 rings (SSSR count). The zero-order valence-electron chi connectivity index (χ0n) is 10.9. The van der Waals surface area contributed by atoms with Gasteiger partial charge in [-0.15, -0.1) is 0 Å². The van der Waals surface area contributed by atoms with Crippen LogP contribution in [-0.2, 0) is 0 Å². The average molecular weight is 297 g/mol. The molecule has 0 fully saturated rings. The zero-order valence-corrected chi connectivity index (χ0v) is 11.7. The maximum atomic E-state index is 11.1. The zero-order chi connectivity index (χ0) is 15.0. The number of benzene rings is 1. The molecular formula is C14H11N5OS. The molecule has 104 valence electrons. The van der Waals surface area contributed by atoms with E-state index in [-0.39, 0.29) is 10.7 Å². The maximum Gasteiger partial charge on any atom is 0.269 e. The van der Waals surface area contributed by atoms with Crippen LogP contribution in [-0.4, -0.2) is 25.7 Å². The Kier molecular flexibility index (Phi) is 3.11. The molecule has 4 N–H and O–H groups in total. The summed E-state index contributed by atoms with van der Waals surface area (Å²) in [6.07, 6.45) is 1.61. The van der Waals surface area contributed by atoms with Gasteiger partial charge < -0.3 is 11.5 Å². The number of pyridine rings is 1. The van der Waals surface area contributed by atoms with Gasteiger partial charge in [-0.1, -0.05) is 30.4 Å². The molecular weight excluding hydrogens is 286 g/mol. The second kappa shape index (κ2) is 4.95. The molecule has 0 aliphatic heterocycles. The van der Waals surface area contributed by atoms with E-state index in [4.69, 9.17) is 23.7 Å². The van der Waals surface area contributed by atoms with E-state index >= 15 is 0 Å². The largest absolute Gasteiger partial charge is 0.389 e. The van der Waals surface area contributed by atoms with Crippen LogP contribution in [0.5, 0.6) is 0 Å². The highest BCUT2D eigenvalue weighted by Crippen LogP contribution is 2.20. The van der Waals surface area contributed by atoms with Crippen molar-refractivity contribution < 1.29 is 4.79 Å². The van der Waals surface area contributed by atoms with Crippen molar-refractivity contribution in [1.29, 1.82) is 0 Å². The number of aromatic nitrogens is 3. The van der Waals surface area contributed by atoms with Gasteiger partial charge in [0.25, 0.3) is 5.91 Å². The smallest absolute Gasteiger partial charge is 0.269 e. The Bertz CT molecular complexity index is 871. The summed E-state index contributed by atoms with van der Waals surface area (Å²) in [4.78, 5) is 15.9. The average Bonchev–Trinajstić information content (AvgIpc) is 2.96. The number of nitrogens with two attached hydrogens (primary N) is 2. The van der Waals surface area contributed by atoms with Crippen LogP contribution in [0.4, 0.5) is 0 Å². The normalized spacial score (nSPS) is 10.7. The first-order valence-electron chi connectivity index (χ1n) is 6.11. The van der Waals surface area contributed by atoms with Crippen LogP contribution in [0.15, 0.2) is 42.6 Å². The van der Waals surface area contributed by atoms with E-state index in [9.17, 15) is 4.79 Å². The maximum absolute atomic E-state index is 11.1. The Hall–Kier alpha value is -2.80. The molecule has 21 heavy (non-hydrogen) atoms. The van der Waals surface area contributed by atoms with Crippen LogP contribution >= 0.6 is 12.2 Å². The third-order valence-electron chi connectivity index (χ3n) is 3.04. The second-order valence-corrected chi connectivity index (χ2v) is 4.86. The molecule has 2 heterocycles. The Morgan fingerprint density at radius 3 is 2.62 bits per heavy atom. The van der Waals surface area contributed by atoms with Crippen molar-refractivity contribution in [2.45, 2.75) is 0 Å². The van der Waals surface area contributed by atoms with E-state index < -0.39 is 5.91 Å². The van der Waals surface area contributed by atoms with Gasteiger partial charge in [-0.2, -0.15) is 5.10 Å². The highest BCUT2D eigenvalue weighted by Gasteiger charge is 2.11. The molecule has 0 aliphatic rings. The summed E-state index contributed by atoms with van der Waals surface area (Å²) in [7, 11) is 0. The summed E-state index contributed by atoms with van der Waals surface area (Å²) in [5.74, 6) is -0.0758. The predicted molar refractivity (Wildman–Crippen MR) is 83.3 cm³/mol. The van der Waals surface area contributed by atoms with Crippen LogP contribution in [0.25, 0.3) is 16.7 Å². The first-order chi connectivity index (χ1) is 10.1. The highest BCUT2D eigenvalue weighted by atomic mass is 32.1. The monoisotopic (exact) mass is 297 g/mol. The summed E-state index contributed by atoms with van der Waals surface area (Å²) < 4.78 is 1.47. The van der Waals surface area contributed by atoms with Crippen LogP contribution in [0.2, 0.25) is 0 Å². The van der Waals surface area contributed by atoms with Crippen molar-refractivity contribution in [3.05, 3.63) is 53.9 Å². The summed E-state index contributed by atoms with van der Waals surface area (Å²) in [6, 6.07) is 10.8. The van der Waals surface area contributed by atoms with Gasteiger partial charge in [-0.3, -0.25) is 4.79 Å². The molecule has 6 nitrogen and oxygen atoms in total. The standard InChI is InChI=1S/C14H11N5OS/c15-13(20)11-5-6-19(18-11)12-7-9(14(16)21)8-3-1-2-4-10(8)17-12/h1-7H,(H2,15,20)(H2,16,21). The predicted octanol–water partition coefficient (Wildman–Crippen LogP) is 1.15. The lowest BCUT2D eigenvalue weighted by Crippen LogP contribution is -2.14. The van der Waals surface area contributed by atoms with Crippen molar-refractivity contribution >= 4 is 34.0 Å². The minimum atomic E-state index is -0.593. The number of hydrogen-bond acceptors (Lipinski definition) is 4. The summed E-state index contributed by atoms with van der Waals surface area (Å²) >= 11 is 5.09. The molecule has 1 aromatic carbocycles. The van der Waals surface area contributed by atoms with Gasteiger partial charge in [0.2, 0.25) is 0 Å². The Balaban J connectivity index is 2.23. The van der Waals surface area contributed by atoms with Crippen molar-refractivity contribution in [1.82, 2.24) is 14.8 Å². The number of para-hydroxylation sites is 1. The molecule has 0 saturated heterocycles. The highest BCUT2D eigenvalue weighted by molar-refractivity contribution is 7.80. The van der Waals surface area contributed by atoms with Crippen molar-refractivity contribution in [2.75, 3.05) is 0 Å². The molecule has 0 aliphatic carbocycles. The number of rotatable bonds is 3. The van der Waals surface area contributed by atoms with Crippen molar-refractivity contribution in [2.24, 2.45) is 11.5 Å². The van der Waals surface area contributed by atoms with Gasteiger partial charge in [0, 0.05) is 17.1 Å². The third-order valence-corrected chi connectivity index (χ3v) is 3.26. The second-order valence-electron chi connectivity index (χ2n) is 4.42. The van der Waals surface area contributed by atoms with Gasteiger partial charge in [0.15, 0.2) is 5.82 Å². The Morgan fingerprint density at radius 1 is 1.19 bits per heavy atom. The first-order valence-corrected chi connectivity index (χ1v) is 6.52. The van der Waals surface area contributed by atoms with Crippen LogP contribution in [0.1, 0.15) is 16.1 Å². The summed E-state index contributed by atoms with van der Waals surface area (Å²) in [5.41, 5.74) is 12.6. The Morgan fingerprint density at radius 2 is 1.95 bits per heavy atom. The lowest BCUT2D eigenvalue weighted by Gasteiger charge is -2.08. The SMILES string of the molecule is NC(=O)c1ccn(-c2cc(C(N)=S)c3ccccc3n2)n1. The molecule has 0 radical (unpaired) electrons. The molecule has 7 heteroatoms. The molecule has 3 aromatic rings. The van der Waals surface area contributed by atoms with Crippen molar-refractivity contribution in [3.63, 3.8) is 0 Å². The molecule has 2 aromatic heterocycles. The topological polar surface area (TPSA) is 99.8 Å². The summed E-state index contributed by atoms with van der Waals surface area (Å²) in [5, 5.41) is 4.95. The fraction of sp³-hybridized carbons (Fsp3) is 0. The Labute approximate surface area is 125 Å². The van der Waals surface area contributed by atoms with E-state index in [0.717, 1.165) is 10.9 Å². The van der Waals surface area contributed by atoms with Crippen LogP contribution in [0.3, 0.4) is 0 Å². The summed E-state index contributed by atoms with van der Waals surface area (Å²) in [6.45, 7) is 0. The van der Waals surface area contributed by atoms with Gasteiger partial charge in [0.1, 0.15) is 10.7 Å². The number of carbonyl (C=O) groups excluding carboxylic acids is 1. The van der Waals surface area contributed by atoms with Gasteiger partial charge in [0.05, 0.1) is 5.52 Å². The number of thiocarbonyl (C=S) groups is 1. The number of primary amides is 1. The molecule has 1 amide bonds. The lowest BCUT2D eigenvalue weighted by molar-refractivity contribution is 0.0995. The number of amides is 1. The number of hydrogen-bond donors (Lipinski definition) is 2. The minimum absolute atomic E-state index is 0.168. The molecule has 0 atom stereocenters. The van der Waals surface area contributed by atoms with Gasteiger partial charge in [-0.25, -0.2) is 9.67 Å². The fourth-order valence-electron chi connectivity index (χ4n) is 2.07. The minimum Gasteiger partial charge on any atom is -0.389 e. The van der Waals surface area contributed by atoms with Gasteiger partial charge >= 0.3 is 0 Å². The van der Waals surface area contributed by atoms with E-state index in [2.05, 4.69) is 10.1 Å². The lowest BCUT2D eigenvalue weighted by atomic mass is 10.1.